The molecule has 108 valence electrons. The zero-order chi connectivity index (χ0) is 15.1. The molecule has 2 aromatic carbocycles. The molecule has 2 N–H and O–H groups in total. The Labute approximate surface area is 135 Å². The first-order chi connectivity index (χ1) is 10.1. The summed E-state index contributed by atoms with van der Waals surface area (Å²) in [6.45, 7) is 0. The molecule has 0 spiro atoms. The molecule has 0 atom stereocenters. The molecule has 2 amide bonds. The van der Waals surface area contributed by atoms with Gasteiger partial charge in [0.1, 0.15) is 0 Å². The molecule has 0 aliphatic heterocycles. The summed E-state index contributed by atoms with van der Waals surface area (Å²) >= 11 is 4.75. The van der Waals surface area contributed by atoms with Crippen LogP contribution in [0.4, 0.5) is 0 Å². The average molecular weight is 365 g/mol. The number of thioether (sulfide) groups is 1. The zero-order valence-corrected chi connectivity index (χ0v) is 13.4. The second kappa shape index (κ2) is 7.85. The van der Waals surface area contributed by atoms with Gasteiger partial charge in [0.05, 0.1) is 5.75 Å². The van der Waals surface area contributed by atoms with E-state index in [1.165, 1.54) is 11.8 Å². The lowest BCUT2D eigenvalue weighted by molar-refractivity contribution is -0.119. The second-order valence-corrected chi connectivity index (χ2v) is 6.08. The predicted octanol–water partition coefficient (Wildman–Crippen LogP) is 3.00. The monoisotopic (exact) mass is 364 g/mol. The normalized spacial score (nSPS) is 9.95. The van der Waals surface area contributed by atoms with E-state index in [4.69, 9.17) is 0 Å². The number of rotatable bonds is 4. The van der Waals surface area contributed by atoms with Crippen molar-refractivity contribution >= 4 is 39.5 Å². The van der Waals surface area contributed by atoms with Gasteiger partial charge < -0.3 is 0 Å². The van der Waals surface area contributed by atoms with Crippen LogP contribution >= 0.6 is 27.7 Å². The first-order valence-corrected chi connectivity index (χ1v) is 7.95. The van der Waals surface area contributed by atoms with Crippen molar-refractivity contribution in [2.45, 2.75) is 4.90 Å². The standard InChI is InChI=1S/C15H13BrN2O2S/c16-12-6-8-13(9-7-12)21-10-14(19)17-18-15(20)11-4-2-1-3-5-11/h1-9H,10H2,(H,17,19)(H,18,20). The highest BCUT2D eigenvalue weighted by molar-refractivity contribution is 9.10. The van der Waals surface area contributed by atoms with E-state index in [1.54, 1.807) is 24.3 Å². The van der Waals surface area contributed by atoms with E-state index in [1.807, 2.05) is 30.3 Å². The van der Waals surface area contributed by atoms with Gasteiger partial charge in [0.15, 0.2) is 0 Å². The molecule has 0 saturated carbocycles. The molecule has 0 heterocycles. The van der Waals surface area contributed by atoms with Crippen molar-refractivity contribution in [1.82, 2.24) is 10.9 Å². The Hall–Kier alpha value is -1.79. The number of hydrogen-bond donors (Lipinski definition) is 2. The van der Waals surface area contributed by atoms with E-state index in [2.05, 4.69) is 26.8 Å². The van der Waals surface area contributed by atoms with E-state index < -0.39 is 0 Å². The summed E-state index contributed by atoms with van der Waals surface area (Å²) in [5, 5.41) is 0. The molecule has 0 aliphatic carbocycles. The molecule has 21 heavy (non-hydrogen) atoms. The minimum absolute atomic E-state index is 0.233. The van der Waals surface area contributed by atoms with E-state index in [0.717, 1.165) is 9.37 Å². The Morgan fingerprint density at radius 1 is 0.952 bits per heavy atom. The van der Waals surface area contributed by atoms with Crippen molar-refractivity contribution in [2.24, 2.45) is 0 Å². The lowest BCUT2D eigenvalue weighted by atomic mass is 10.2. The number of hydrogen-bond acceptors (Lipinski definition) is 3. The van der Waals surface area contributed by atoms with Crippen LogP contribution in [0, 0.1) is 0 Å². The SMILES string of the molecule is O=C(CSc1ccc(Br)cc1)NNC(=O)c1ccccc1. The van der Waals surface area contributed by atoms with Crippen LogP contribution in [0.5, 0.6) is 0 Å². The fraction of sp³-hybridized carbons (Fsp3) is 0.0667. The van der Waals surface area contributed by atoms with Crippen molar-refractivity contribution < 1.29 is 9.59 Å². The summed E-state index contributed by atoms with van der Waals surface area (Å²) in [5.41, 5.74) is 5.28. The minimum Gasteiger partial charge on any atom is -0.272 e. The quantitative estimate of drug-likeness (QED) is 0.647. The van der Waals surface area contributed by atoms with Crippen LogP contribution in [0.1, 0.15) is 10.4 Å². The van der Waals surface area contributed by atoms with Gasteiger partial charge in [-0.3, -0.25) is 20.4 Å². The van der Waals surface area contributed by atoms with Gasteiger partial charge in [0.25, 0.3) is 5.91 Å². The van der Waals surface area contributed by atoms with Crippen LogP contribution in [-0.4, -0.2) is 17.6 Å². The van der Waals surface area contributed by atoms with E-state index in [-0.39, 0.29) is 17.6 Å². The highest BCUT2D eigenvalue weighted by atomic mass is 79.9. The molecule has 4 nitrogen and oxygen atoms in total. The summed E-state index contributed by atoms with van der Waals surface area (Å²) in [6.07, 6.45) is 0. The van der Waals surface area contributed by atoms with Gasteiger partial charge in [-0.1, -0.05) is 34.1 Å². The predicted molar refractivity (Wildman–Crippen MR) is 86.9 cm³/mol. The number of hydrazine groups is 1. The molecule has 0 radical (unpaired) electrons. The second-order valence-electron chi connectivity index (χ2n) is 4.11. The molecular weight excluding hydrogens is 352 g/mol. The van der Waals surface area contributed by atoms with Gasteiger partial charge in [-0.2, -0.15) is 0 Å². The Kier molecular flexibility index (Phi) is 5.83. The lowest BCUT2D eigenvalue weighted by Gasteiger charge is -2.07. The van der Waals surface area contributed by atoms with Gasteiger partial charge in [0.2, 0.25) is 5.91 Å². The molecule has 6 heteroatoms. The molecule has 2 aromatic rings. The number of amides is 2. The fourth-order valence-corrected chi connectivity index (χ4v) is 2.47. The van der Waals surface area contributed by atoms with Crippen LogP contribution in [0.2, 0.25) is 0 Å². The minimum atomic E-state index is -0.336. The smallest absolute Gasteiger partial charge is 0.269 e. The molecule has 0 aliphatic rings. The summed E-state index contributed by atoms with van der Waals surface area (Å²) in [5.74, 6) is -0.360. The van der Waals surface area contributed by atoms with Crippen molar-refractivity contribution in [1.29, 1.82) is 0 Å². The van der Waals surface area contributed by atoms with Crippen molar-refractivity contribution in [3.05, 3.63) is 64.6 Å². The van der Waals surface area contributed by atoms with E-state index in [9.17, 15) is 9.59 Å². The summed E-state index contributed by atoms with van der Waals surface area (Å²) < 4.78 is 0.992. The largest absolute Gasteiger partial charge is 0.272 e. The average Bonchev–Trinajstić information content (AvgIpc) is 2.53. The summed E-state index contributed by atoms with van der Waals surface area (Å²) in [6, 6.07) is 16.4. The molecule has 0 unspecified atom stereocenters. The van der Waals surface area contributed by atoms with Gasteiger partial charge in [-0.05, 0) is 36.4 Å². The Morgan fingerprint density at radius 3 is 2.29 bits per heavy atom. The third-order valence-corrected chi connectivity index (χ3v) is 4.08. The van der Waals surface area contributed by atoms with E-state index >= 15 is 0 Å². The maximum Gasteiger partial charge on any atom is 0.269 e. The molecule has 0 saturated heterocycles. The van der Waals surface area contributed by atoms with Crippen LogP contribution < -0.4 is 10.9 Å². The third kappa shape index (κ3) is 5.24. The van der Waals surface area contributed by atoms with Crippen molar-refractivity contribution in [3.63, 3.8) is 0 Å². The van der Waals surface area contributed by atoms with Gasteiger partial charge >= 0.3 is 0 Å². The first kappa shape index (κ1) is 15.6. The van der Waals surface area contributed by atoms with Crippen LogP contribution in [-0.2, 0) is 4.79 Å². The molecule has 0 bridgehead atoms. The third-order valence-electron chi connectivity index (χ3n) is 2.53. The van der Waals surface area contributed by atoms with Gasteiger partial charge in [0, 0.05) is 14.9 Å². The lowest BCUT2D eigenvalue weighted by Crippen LogP contribution is -2.42. The van der Waals surface area contributed by atoms with Crippen molar-refractivity contribution in [2.75, 3.05) is 5.75 Å². The Morgan fingerprint density at radius 2 is 1.62 bits per heavy atom. The number of benzene rings is 2. The summed E-state index contributed by atoms with van der Waals surface area (Å²) in [4.78, 5) is 24.4. The van der Waals surface area contributed by atoms with Gasteiger partial charge in [-0.15, -0.1) is 11.8 Å². The topological polar surface area (TPSA) is 58.2 Å². The number of carbonyl (C=O) groups is 2. The fourth-order valence-electron chi connectivity index (χ4n) is 1.50. The van der Waals surface area contributed by atoms with E-state index in [0.29, 0.717) is 5.56 Å². The molecule has 0 aromatic heterocycles. The van der Waals surface area contributed by atoms with Crippen molar-refractivity contribution in [3.8, 4) is 0 Å². The molecule has 0 fully saturated rings. The number of nitrogens with one attached hydrogen (secondary N) is 2. The maximum absolute atomic E-state index is 11.7. The van der Waals surface area contributed by atoms with Gasteiger partial charge in [-0.25, -0.2) is 0 Å². The highest BCUT2D eigenvalue weighted by Crippen LogP contribution is 2.20. The maximum atomic E-state index is 11.7. The highest BCUT2D eigenvalue weighted by Gasteiger charge is 2.07. The van der Waals surface area contributed by atoms with Crippen LogP contribution in [0.25, 0.3) is 0 Å². The Bertz CT molecular complexity index is 617. The summed E-state index contributed by atoms with van der Waals surface area (Å²) in [7, 11) is 0. The number of halogens is 1. The molecular formula is C15H13BrN2O2S. The van der Waals surface area contributed by atoms with Crippen LogP contribution in [0.15, 0.2) is 64.0 Å². The zero-order valence-electron chi connectivity index (χ0n) is 11.0. The van der Waals surface area contributed by atoms with Crippen LogP contribution in [0.3, 0.4) is 0 Å². The Balaban J connectivity index is 1.75. The first-order valence-electron chi connectivity index (χ1n) is 6.18. The number of carbonyl (C=O) groups excluding carboxylic acids is 2. The molecule has 2 rings (SSSR count).